The number of hydrogen-bond acceptors (Lipinski definition) is 4. The van der Waals surface area contributed by atoms with Crippen molar-refractivity contribution in [3.63, 3.8) is 0 Å². The van der Waals surface area contributed by atoms with E-state index in [1.54, 1.807) is 6.07 Å². The van der Waals surface area contributed by atoms with E-state index in [2.05, 4.69) is 10.3 Å². The predicted octanol–water partition coefficient (Wildman–Crippen LogP) is 1.23. The van der Waals surface area contributed by atoms with Crippen LogP contribution in [0.25, 0.3) is 5.65 Å². The first kappa shape index (κ1) is 16.7. The molecular weight excluding hydrogens is 298 g/mol. The van der Waals surface area contributed by atoms with Crippen LogP contribution in [0, 0.1) is 12.8 Å². The number of rotatable bonds is 5. The molecule has 1 atom stereocenters. The van der Waals surface area contributed by atoms with E-state index in [-0.39, 0.29) is 17.9 Å². The minimum absolute atomic E-state index is 0.0925. The molecule has 0 aliphatic rings. The molecule has 2 heterocycles. The summed E-state index contributed by atoms with van der Waals surface area (Å²) < 4.78 is 1.28. The molecule has 0 saturated carbocycles. The van der Waals surface area contributed by atoms with Crippen molar-refractivity contribution in [2.75, 3.05) is 0 Å². The Morgan fingerprint density at radius 2 is 2.09 bits per heavy atom. The molecule has 0 aliphatic carbocycles. The summed E-state index contributed by atoms with van der Waals surface area (Å²) in [6.07, 6.45) is 2.99. The Labute approximate surface area is 133 Å². The average molecular weight is 317 g/mol. The Morgan fingerprint density at radius 3 is 2.70 bits per heavy atom. The molecule has 2 aromatic rings. The van der Waals surface area contributed by atoms with E-state index in [0.717, 1.165) is 5.56 Å². The number of aromatic nitrogens is 2. The zero-order valence-corrected chi connectivity index (χ0v) is 13.2. The fraction of sp³-hybridized carbons (Fsp3) is 0.375. The molecule has 0 aliphatic heterocycles. The molecule has 122 valence electrons. The Hall–Kier alpha value is -2.70. The van der Waals surface area contributed by atoms with E-state index in [4.69, 9.17) is 0 Å². The fourth-order valence-electron chi connectivity index (χ4n) is 2.33. The number of nitrogens with zero attached hydrogens (tertiary/aromatic N) is 2. The SMILES string of the molecule is Cc1cccn2c(=O)c(C(=O)N[C@@H](CC(C)C)C(=O)O)cnc12. The molecule has 7 heteroatoms. The lowest BCUT2D eigenvalue weighted by Gasteiger charge is -2.16. The summed E-state index contributed by atoms with van der Waals surface area (Å²) in [5.74, 6) is -1.77. The highest BCUT2D eigenvalue weighted by molar-refractivity contribution is 5.96. The molecule has 0 radical (unpaired) electrons. The van der Waals surface area contributed by atoms with Gasteiger partial charge in [-0.25, -0.2) is 9.78 Å². The maximum absolute atomic E-state index is 12.4. The molecule has 0 saturated heterocycles. The summed E-state index contributed by atoms with van der Waals surface area (Å²) in [6, 6.07) is 2.45. The van der Waals surface area contributed by atoms with Crippen molar-refractivity contribution in [2.45, 2.75) is 33.2 Å². The van der Waals surface area contributed by atoms with Crippen molar-refractivity contribution in [2.24, 2.45) is 5.92 Å². The maximum Gasteiger partial charge on any atom is 0.326 e. The van der Waals surface area contributed by atoms with Gasteiger partial charge in [0.2, 0.25) is 0 Å². The first-order valence-electron chi connectivity index (χ1n) is 7.32. The van der Waals surface area contributed by atoms with Crippen molar-refractivity contribution in [3.8, 4) is 0 Å². The normalized spacial score (nSPS) is 12.3. The third-order valence-corrected chi connectivity index (χ3v) is 3.48. The first-order valence-corrected chi connectivity index (χ1v) is 7.32. The molecular formula is C16H19N3O4. The number of carboxylic acid groups (broad SMARTS) is 1. The van der Waals surface area contributed by atoms with Gasteiger partial charge in [0.1, 0.15) is 17.3 Å². The summed E-state index contributed by atoms with van der Waals surface area (Å²) >= 11 is 0. The second-order valence-corrected chi connectivity index (χ2v) is 5.86. The van der Waals surface area contributed by atoms with Gasteiger partial charge in [0, 0.05) is 12.4 Å². The molecule has 0 bridgehead atoms. The largest absolute Gasteiger partial charge is 0.480 e. The molecule has 2 aromatic heterocycles. The third kappa shape index (κ3) is 3.56. The lowest BCUT2D eigenvalue weighted by Crippen LogP contribution is -2.43. The average Bonchev–Trinajstić information content (AvgIpc) is 2.47. The van der Waals surface area contributed by atoms with Crippen LogP contribution >= 0.6 is 0 Å². The number of fused-ring (bicyclic) bond motifs is 1. The summed E-state index contributed by atoms with van der Waals surface area (Å²) in [5, 5.41) is 11.6. The van der Waals surface area contributed by atoms with Gasteiger partial charge in [-0.05, 0) is 30.9 Å². The number of pyridine rings is 1. The summed E-state index contributed by atoms with van der Waals surface area (Å²) in [7, 11) is 0. The van der Waals surface area contributed by atoms with Gasteiger partial charge in [-0.15, -0.1) is 0 Å². The molecule has 23 heavy (non-hydrogen) atoms. The summed E-state index contributed by atoms with van der Waals surface area (Å²) in [6.45, 7) is 5.53. The van der Waals surface area contributed by atoms with Gasteiger partial charge in [-0.1, -0.05) is 19.9 Å². The van der Waals surface area contributed by atoms with E-state index in [0.29, 0.717) is 5.65 Å². The number of carboxylic acids is 1. The Kier molecular flexibility index (Phi) is 4.78. The van der Waals surface area contributed by atoms with Crippen molar-refractivity contribution in [1.82, 2.24) is 14.7 Å². The molecule has 0 spiro atoms. The van der Waals surface area contributed by atoms with Crippen molar-refractivity contribution in [3.05, 3.63) is 46.0 Å². The van der Waals surface area contributed by atoms with Crippen molar-refractivity contribution in [1.29, 1.82) is 0 Å². The molecule has 2 rings (SSSR count). The van der Waals surface area contributed by atoms with Crippen molar-refractivity contribution < 1.29 is 14.7 Å². The maximum atomic E-state index is 12.4. The minimum Gasteiger partial charge on any atom is -0.480 e. The van der Waals surface area contributed by atoms with Gasteiger partial charge in [0.15, 0.2) is 0 Å². The van der Waals surface area contributed by atoms with Gasteiger partial charge in [0.25, 0.3) is 11.5 Å². The van der Waals surface area contributed by atoms with Crippen LogP contribution in [-0.4, -0.2) is 32.4 Å². The molecule has 0 unspecified atom stereocenters. The number of carbonyl (C=O) groups is 2. The highest BCUT2D eigenvalue weighted by Gasteiger charge is 2.23. The topological polar surface area (TPSA) is 101 Å². The fourth-order valence-corrected chi connectivity index (χ4v) is 2.33. The minimum atomic E-state index is -1.13. The van der Waals surface area contributed by atoms with Crippen LogP contribution in [0.2, 0.25) is 0 Å². The number of hydrogen-bond donors (Lipinski definition) is 2. The highest BCUT2D eigenvalue weighted by atomic mass is 16.4. The summed E-state index contributed by atoms with van der Waals surface area (Å²) in [5.41, 5.74) is 0.568. The molecule has 0 aromatic carbocycles. The van der Waals surface area contributed by atoms with Crippen LogP contribution in [0.5, 0.6) is 0 Å². The van der Waals surface area contributed by atoms with E-state index in [9.17, 15) is 19.5 Å². The standard InChI is InChI=1S/C16H19N3O4/c1-9(2)7-12(16(22)23)18-14(20)11-8-17-13-10(3)5-4-6-19(13)15(11)21/h4-6,8-9,12H,7H2,1-3H3,(H,18,20)(H,22,23)/t12-/m0/s1. The van der Waals surface area contributed by atoms with Gasteiger partial charge in [-0.2, -0.15) is 0 Å². The van der Waals surface area contributed by atoms with Crippen LogP contribution in [0.15, 0.2) is 29.3 Å². The van der Waals surface area contributed by atoms with Crippen LogP contribution in [0.1, 0.15) is 36.2 Å². The monoisotopic (exact) mass is 317 g/mol. The molecule has 0 fully saturated rings. The molecule has 7 nitrogen and oxygen atoms in total. The van der Waals surface area contributed by atoms with Gasteiger partial charge in [-0.3, -0.25) is 14.0 Å². The Bertz CT molecular complexity index is 811. The van der Waals surface area contributed by atoms with Crippen LogP contribution in [0.3, 0.4) is 0 Å². The Morgan fingerprint density at radius 1 is 1.39 bits per heavy atom. The third-order valence-electron chi connectivity index (χ3n) is 3.48. The summed E-state index contributed by atoms with van der Waals surface area (Å²) in [4.78, 5) is 40.0. The van der Waals surface area contributed by atoms with E-state index < -0.39 is 23.5 Å². The van der Waals surface area contributed by atoms with E-state index in [1.165, 1.54) is 16.8 Å². The van der Waals surface area contributed by atoms with Crippen LogP contribution in [-0.2, 0) is 4.79 Å². The van der Waals surface area contributed by atoms with E-state index >= 15 is 0 Å². The molecule has 1 amide bonds. The number of aliphatic carboxylic acids is 1. The highest BCUT2D eigenvalue weighted by Crippen LogP contribution is 2.07. The predicted molar refractivity (Wildman–Crippen MR) is 84.5 cm³/mol. The smallest absolute Gasteiger partial charge is 0.326 e. The van der Waals surface area contributed by atoms with Crippen molar-refractivity contribution >= 4 is 17.5 Å². The molecule has 2 N–H and O–H groups in total. The van der Waals surface area contributed by atoms with Gasteiger partial charge < -0.3 is 10.4 Å². The van der Waals surface area contributed by atoms with Crippen LogP contribution < -0.4 is 10.9 Å². The number of aryl methyl sites for hydroxylation is 1. The number of nitrogens with one attached hydrogen (secondary N) is 1. The lowest BCUT2D eigenvalue weighted by molar-refractivity contribution is -0.139. The van der Waals surface area contributed by atoms with E-state index in [1.807, 2.05) is 26.8 Å². The second-order valence-electron chi connectivity index (χ2n) is 5.86. The van der Waals surface area contributed by atoms with Gasteiger partial charge >= 0.3 is 5.97 Å². The number of carbonyl (C=O) groups excluding carboxylic acids is 1. The zero-order valence-electron chi connectivity index (χ0n) is 13.2. The number of amides is 1. The zero-order chi connectivity index (χ0) is 17.1. The van der Waals surface area contributed by atoms with Gasteiger partial charge in [0.05, 0.1) is 0 Å². The van der Waals surface area contributed by atoms with Crippen LogP contribution in [0.4, 0.5) is 0 Å². The first-order chi connectivity index (χ1) is 10.8. The Balaban J connectivity index is 2.36. The second kappa shape index (κ2) is 6.60. The quantitative estimate of drug-likeness (QED) is 0.864. The lowest BCUT2D eigenvalue weighted by atomic mass is 10.0.